The first kappa shape index (κ1) is 14.6. The minimum absolute atomic E-state index is 0.596. The Kier molecular flexibility index (Phi) is 4.32. The summed E-state index contributed by atoms with van der Waals surface area (Å²) in [6.45, 7) is 7.56. The van der Waals surface area contributed by atoms with Crippen LogP contribution in [0.25, 0.3) is 0 Å². The molecule has 2 saturated carbocycles. The summed E-state index contributed by atoms with van der Waals surface area (Å²) in [5.41, 5.74) is 1.18. The molecule has 0 amide bonds. The van der Waals surface area contributed by atoms with Gasteiger partial charge in [-0.3, -0.25) is 0 Å². The first-order chi connectivity index (χ1) is 10.2. The minimum atomic E-state index is 0.596. The molecular formula is C17H28N4. The van der Waals surface area contributed by atoms with Gasteiger partial charge in [0.15, 0.2) is 0 Å². The van der Waals surface area contributed by atoms with Crippen LogP contribution in [0.1, 0.15) is 69.7 Å². The van der Waals surface area contributed by atoms with E-state index < -0.39 is 0 Å². The Hall–Kier alpha value is -1.32. The van der Waals surface area contributed by atoms with Gasteiger partial charge < -0.3 is 10.6 Å². The van der Waals surface area contributed by atoms with Crippen LogP contribution in [0.15, 0.2) is 0 Å². The third-order valence-electron chi connectivity index (χ3n) is 4.55. The van der Waals surface area contributed by atoms with Crippen molar-refractivity contribution in [3.8, 4) is 0 Å². The molecule has 4 heteroatoms. The van der Waals surface area contributed by atoms with Crippen LogP contribution in [0.2, 0.25) is 0 Å². The average molecular weight is 288 g/mol. The first-order valence-electron chi connectivity index (χ1n) is 8.61. The Balaban J connectivity index is 1.75. The van der Waals surface area contributed by atoms with E-state index in [2.05, 4.69) is 31.4 Å². The van der Waals surface area contributed by atoms with Crippen molar-refractivity contribution < 1.29 is 0 Å². The molecule has 2 atom stereocenters. The Morgan fingerprint density at radius 3 is 2.52 bits per heavy atom. The highest BCUT2D eigenvalue weighted by atomic mass is 15.1. The molecule has 0 saturated heterocycles. The molecule has 1 heterocycles. The fourth-order valence-corrected chi connectivity index (χ4v) is 2.90. The normalized spacial score (nSPS) is 24.0. The summed E-state index contributed by atoms with van der Waals surface area (Å²) >= 11 is 0. The zero-order valence-electron chi connectivity index (χ0n) is 13.6. The van der Waals surface area contributed by atoms with E-state index in [1.807, 2.05) is 0 Å². The number of nitrogens with zero attached hydrogens (tertiary/aromatic N) is 2. The van der Waals surface area contributed by atoms with Gasteiger partial charge in [0.25, 0.3) is 0 Å². The molecule has 2 fully saturated rings. The summed E-state index contributed by atoms with van der Waals surface area (Å²) in [5.74, 6) is 4.58. The number of hydrogen-bond donors (Lipinski definition) is 2. The van der Waals surface area contributed by atoms with E-state index in [0.29, 0.717) is 12.0 Å². The van der Waals surface area contributed by atoms with Gasteiger partial charge in [0.2, 0.25) is 0 Å². The molecule has 0 aliphatic heterocycles. The summed E-state index contributed by atoms with van der Waals surface area (Å²) in [4.78, 5) is 9.57. The standard InChI is InChI=1S/C17H28N4/c1-4-6-13-10-14(13)19-16-11(3)15(18-9-5-2)20-17(21-16)12-7-8-12/h12-14H,4-10H2,1-3H3,(H2,18,19,20,21). The Morgan fingerprint density at radius 2 is 1.86 bits per heavy atom. The predicted molar refractivity (Wildman–Crippen MR) is 88.0 cm³/mol. The fourth-order valence-electron chi connectivity index (χ4n) is 2.90. The largest absolute Gasteiger partial charge is 0.370 e. The van der Waals surface area contributed by atoms with Crippen molar-refractivity contribution in [3.05, 3.63) is 11.4 Å². The lowest BCUT2D eigenvalue weighted by Gasteiger charge is -2.15. The van der Waals surface area contributed by atoms with Crippen molar-refractivity contribution in [1.82, 2.24) is 9.97 Å². The molecule has 0 bridgehead atoms. The molecule has 0 aromatic carbocycles. The van der Waals surface area contributed by atoms with E-state index in [1.54, 1.807) is 0 Å². The summed E-state index contributed by atoms with van der Waals surface area (Å²) < 4.78 is 0. The highest BCUT2D eigenvalue weighted by Gasteiger charge is 2.37. The van der Waals surface area contributed by atoms with Crippen LogP contribution >= 0.6 is 0 Å². The molecule has 2 aliphatic rings. The molecule has 0 spiro atoms. The average Bonchev–Trinajstić information content (AvgIpc) is 3.36. The minimum Gasteiger partial charge on any atom is -0.370 e. The Morgan fingerprint density at radius 1 is 1.10 bits per heavy atom. The lowest BCUT2D eigenvalue weighted by atomic mass is 10.2. The van der Waals surface area contributed by atoms with E-state index in [4.69, 9.17) is 9.97 Å². The molecule has 1 aromatic heterocycles. The van der Waals surface area contributed by atoms with E-state index in [9.17, 15) is 0 Å². The van der Waals surface area contributed by atoms with Gasteiger partial charge >= 0.3 is 0 Å². The van der Waals surface area contributed by atoms with Gasteiger partial charge in [0, 0.05) is 24.1 Å². The van der Waals surface area contributed by atoms with Gasteiger partial charge in [-0.1, -0.05) is 20.3 Å². The molecule has 2 N–H and O–H groups in total. The van der Waals surface area contributed by atoms with Gasteiger partial charge in [0.05, 0.1) is 0 Å². The number of aromatic nitrogens is 2. The summed E-state index contributed by atoms with van der Waals surface area (Å²) in [7, 11) is 0. The monoisotopic (exact) mass is 288 g/mol. The van der Waals surface area contributed by atoms with Crippen LogP contribution < -0.4 is 10.6 Å². The second-order valence-corrected chi connectivity index (χ2v) is 6.64. The second-order valence-electron chi connectivity index (χ2n) is 6.64. The van der Waals surface area contributed by atoms with Gasteiger partial charge in [-0.05, 0) is 44.9 Å². The smallest absolute Gasteiger partial charge is 0.136 e. The summed E-state index contributed by atoms with van der Waals surface area (Å²) in [6, 6.07) is 0.629. The van der Waals surface area contributed by atoms with Crippen molar-refractivity contribution in [1.29, 1.82) is 0 Å². The third kappa shape index (κ3) is 3.47. The summed E-state index contributed by atoms with van der Waals surface area (Å²) in [5, 5.41) is 7.13. The maximum atomic E-state index is 4.82. The molecule has 4 nitrogen and oxygen atoms in total. The number of rotatable bonds is 8. The van der Waals surface area contributed by atoms with E-state index >= 15 is 0 Å². The van der Waals surface area contributed by atoms with Gasteiger partial charge in [0.1, 0.15) is 17.5 Å². The lowest BCUT2D eigenvalue weighted by Crippen LogP contribution is -2.13. The van der Waals surface area contributed by atoms with Crippen LogP contribution in [0, 0.1) is 12.8 Å². The third-order valence-corrected chi connectivity index (χ3v) is 4.55. The van der Waals surface area contributed by atoms with Crippen molar-refractivity contribution in [3.63, 3.8) is 0 Å². The molecule has 21 heavy (non-hydrogen) atoms. The van der Waals surface area contributed by atoms with Crippen LogP contribution in [-0.2, 0) is 0 Å². The van der Waals surface area contributed by atoms with Gasteiger partial charge in [-0.2, -0.15) is 0 Å². The highest BCUT2D eigenvalue weighted by molar-refractivity contribution is 5.58. The maximum Gasteiger partial charge on any atom is 0.136 e. The molecular weight excluding hydrogens is 260 g/mol. The molecule has 116 valence electrons. The van der Waals surface area contributed by atoms with E-state index in [-0.39, 0.29) is 0 Å². The quantitative estimate of drug-likeness (QED) is 0.756. The zero-order valence-corrected chi connectivity index (χ0v) is 13.6. The van der Waals surface area contributed by atoms with Crippen LogP contribution in [0.3, 0.4) is 0 Å². The van der Waals surface area contributed by atoms with Crippen LogP contribution in [-0.4, -0.2) is 22.6 Å². The number of hydrogen-bond acceptors (Lipinski definition) is 4. The topological polar surface area (TPSA) is 49.8 Å². The molecule has 3 rings (SSSR count). The maximum absolute atomic E-state index is 4.82. The van der Waals surface area contributed by atoms with Crippen LogP contribution in [0.4, 0.5) is 11.6 Å². The lowest BCUT2D eigenvalue weighted by molar-refractivity contribution is 0.691. The molecule has 2 unspecified atom stereocenters. The van der Waals surface area contributed by atoms with Crippen molar-refractivity contribution in [2.75, 3.05) is 17.2 Å². The molecule has 2 aliphatic carbocycles. The fraction of sp³-hybridized carbons (Fsp3) is 0.765. The SMILES string of the molecule is CCCNc1nc(C2CC2)nc(NC2CC2CCC)c1C. The summed E-state index contributed by atoms with van der Waals surface area (Å²) in [6.07, 6.45) is 7.52. The van der Waals surface area contributed by atoms with Gasteiger partial charge in [-0.15, -0.1) is 0 Å². The predicted octanol–water partition coefficient (Wildman–Crippen LogP) is 4.08. The Labute approximate surface area is 128 Å². The second kappa shape index (κ2) is 6.20. The van der Waals surface area contributed by atoms with Crippen molar-refractivity contribution in [2.24, 2.45) is 5.92 Å². The van der Waals surface area contributed by atoms with E-state index in [1.165, 1.54) is 37.7 Å². The van der Waals surface area contributed by atoms with E-state index in [0.717, 1.165) is 36.3 Å². The molecule has 0 radical (unpaired) electrons. The van der Waals surface area contributed by atoms with Crippen molar-refractivity contribution in [2.45, 2.75) is 71.3 Å². The van der Waals surface area contributed by atoms with Crippen LogP contribution in [0.5, 0.6) is 0 Å². The Bertz CT molecular complexity index is 496. The highest BCUT2D eigenvalue weighted by Crippen LogP contribution is 2.41. The zero-order chi connectivity index (χ0) is 14.8. The number of nitrogens with one attached hydrogen (secondary N) is 2. The first-order valence-corrected chi connectivity index (χ1v) is 8.61. The van der Waals surface area contributed by atoms with Gasteiger partial charge in [-0.25, -0.2) is 9.97 Å². The molecule has 1 aromatic rings. The van der Waals surface area contributed by atoms with Crippen molar-refractivity contribution >= 4 is 11.6 Å². The number of anilines is 2.